The summed E-state index contributed by atoms with van der Waals surface area (Å²) in [6, 6.07) is 9.72. The molecule has 0 heterocycles. The Hall–Kier alpha value is -1.15. The quantitative estimate of drug-likeness (QED) is 0.670. The predicted molar refractivity (Wildman–Crippen MR) is 76.4 cm³/mol. The second kappa shape index (κ2) is 8.87. The molecule has 1 atom stereocenters. The molecule has 0 aliphatic rings. The van der Waals surface area contributed by atoms with Crippen molar-refractivity contribution in [1.29, 1.82) is 0 Å². The Bertz CT molecular complexity index is 334. The van der Waals surface area contributed by atoms with Gasteiger partial charge in [-0.25, -0.2) is 0 Å². The van der Waals surface area contributed by atoms with Crippen LogP contribution in [0.2, 0.25) is 0 Å². The molecule has 2 heteroatoms. The van der Waals surface area contributed by atoms with E-state index in [1.165, 1.54) is 25.7 Å². The van der Waals surface area contributed by atoms with E-state index in [0.717, 1.165) is 12.0 Å². The molecule has 1 rings (SSSR count). The molecule has 100 valence electrons. The molecule has 2 N–H and O–H groups in total. The number of nitrogens with two attached hydrogens (primary N) is 1. The lowest BCUT2D eigenvalue weighted by Gasteiger charge is -2.10. The number of unbranched alkanes of at least 4 members (excludes halogenated alkanes) is 4. The maximum atomic E-state index is 11.8. The van der Waals surface area contributed by atoms with Gasteiger partial charge in [0.15, 0.2) is 0 Å². The molecule has 0 spiro atoms. The van der Waals surface area contributed by atoms with Crippen molar-refractivity contribution >= 4 is 5.78 Å². The summed E-state index contributed by atoms with van der Waals surface area (Å²) >= 11 is 0. The second-order valence-corrected chi connectivity index (χ2v) is 4.92. The largest absolute Gasteiger partial charge is 0.324 e. The minimum atomic E-state index is -0.144. The van der Waals surface area contributed by atoms with Crippen molar-refractivity contribution in [3.05, 3.63) is 35.9 Å². The molecule has 0 bridgehead atoms. The first kappa shape index (κ1) is 14.9. The number of rotatable bonds is 9. The van der Waals surface area contributed by atoms with Crippen LogP contribution in [0.5, 0.6) is 0 Å². The van der Waals surface area contributed by atoms with Crippen LogP contribution in [0.1, 0.15) is 63.5 Å². The van der Waals surface area contributed by atoms with E-state index in [1.54, 1.807) is 0 Å². The van der Waals surface area contributed by atoms with Gasteiger partial charge in [-0.2, -0.15) is 0 Å². The van der Waals surface area contributed by atoms with Gasteiger partial charge in [0.1, 0.15) is 5.78 Å². The van der Waals surface area contributed by atoms with Gasteiger partial charge in [-0.15, -0.1) is 0 Å². The van der Waals surface area contributed by atoms with Crippen LogP contribution in [0, 0.1) is 0 Å². The van der Waals surface area contributed by atoms with Crippen LogP contribution < -0.4 is 5.73 Å². The molecule has 0 fully saturated rings. The molecule has 0 amide bonds. The highest BCUT2D eigenvalue weighted by Gasteiger charge is 2.10. The molecular weight excluding hydrogens is 222 g/mol. The average molecular weight is 247 g/mol. The van der Waals surface area contributed by atoms with Gasteiger partial charge in [0.2, 0.25) is 0 Å². The number of benzene rings is 1. The summed E-state index contributed by atoms with van der Waals surface area (Å²) in [4.78, 5) is 11.8. The molecule has 18 heavy (non-hydrogen) atoms. The van der Waals surface area contributed by atoms with Crippen molar-refractivity contribution in [3.63, 3.8) is 0 Å². The summed E-state index contributed by atoms with van der Waals surface area (Å²) in [7, 11) is 0. The molecule has 0 saturated carbocycles. The Morgan fingerprint density at radius 3 is 2.44 bits per heavy atom. The summed E-state index contributed by atoms with van der Waals surface area (Å²) in [5.74, 6) is 0.294. The Morgan fingerprint density at radius 1 is 1.11 bits per heavy atom. The first-order valence-electron chi connectivity index (χ1n) is 7.06. The highest BCUT2D eigenvalue weighted by molar-refractivity contribution is 5.79. The number of ketones is 1. The standard InChI is InChI=1S/C16H25NO/c1-2-3-4-5-9-12-15(18)13-16(17)14-10-7-6-8-11-14/h6-8,10-11,16H,2-5,9,12-13,17H2,1H3. The van der Waals surface area contributed by atoms with Crippen LogP contribution >= 0.6 is 0 Å². The van der Waals surface area contributed by atoms with Crippen LogP contribution in [0.4, 0.5) is 0 Å². The van der Waals surface area contributed by atoms with E-state index in [9.17, 15) is 4.79 Å². The third kappa shape index (κ3) is 5.97. The van der Waals surface area contributed by atoms with Gasteiger partial charge in [0, 0.05) is 18.9 Å². The van der Waals surface area contributed by atoms with E-state index in [1.807, 2.05) is 30.3 Å². The zero-order chi connectivity index (χ0) is 13.2. The number of hydrogen-bond donors (Lipinski definition) is 1. The Balaban J connectivity index is 2.20. The van der Waals surface area contributed by atoms with Crippen molar-refractivity contribution in [2.45, 2.75) is 57.9 Å². The zero-order valence-electron chi connectivity index (χ0n) is 11.4. The SMILES string of the molecule is CCCCCCCC(=O)CC(N)c1ccccc1. The zero-order valence-corrected chi connectivity index (χ0v) is 11.4. The number of Topliss-reactive ketones (excluding diaryl/α,β-unsaturated/α-hetero) is 1. The van der Waals surface area contributed by atoms with Crippen LogP contribution in [0.25, 0.3) is 0 Å². The van der Waals surface area contributed by atoms with E-state index in [-0.39, 0.29) is 6.04 Å². The molecule has 0 radical (unpaired) electrons. The monoisotopic (exact) mass is 247 g/mol. The Morgan fingerprint density at radius 2 is 1.78 bits per heavy atom. The Labute approximate surface area is 111 Å². The molecule has 0 aromatic heterocycles. The van der Waals surface area contributed by atoms with E-state index in [0.29, 0.717) is 18.6 Å². The minimum Gasteiger partial charge on any atom is -0.324 e. The maximum absolute atomic E-state index is 11.8. The summed E-state index contributed by atoms with van der Waals surface area (Å²) < 4.78 is 0. The van der Waals surface area contributed by atoms with Gasteiger partial charge in [-0.05, 0) is 12.0 Å². The smallest absolute Gasteiger partial charge is 0.134 e. The van der Waals surface area contributed by atoms with Gasteiger partial charge < -0.3 is 5.73 Å². The third-order valence-corrected chi connectivity index (χ3v) is 3.23. The van der Waals surface area contributed by atoms with E-state index < -0.39 is 0 Å². The van der Waals surface area contributed by atoms with Crippen LogP contribution in [-0.4, -0.2) is 5.78 Å². The molecule has 1 aromatic carbocycles. The molecule has 0 aliphatic carbocycles. The second-order valence-electron chi connectivity index (χ2n) is 4.92. The highest BCUT2D eigenvalue weighted by Crippen LogP contribution is 2.15. The lowest BCUT2D eigenvalue weighted by Crippen LogP contribution is -2.15. The summed E-state index contributed by atoms with van der Waals surface area (Å²) in [5.41, 5.74) is 7.08. The molecular formula is C16H25NO. The molecule has 0 aliphatic heterocycles. The normalized spacial score (nSPS) is 12.3. The molecule has 1 aromatic rings. The van der Waals surface area contributed by atoms with Crippen molar-refractivity contribution in [2.75, 3.05) is 0 Å². The minimum absolute atomic E-state index is 0.144. The van der Waals surface area contributed by atoms with Gasteiger partial charge in [-0.3, -0.25) is 4.79 Å². The van der Waals surface area contributed by atoms with Gasteiger partial charge in [-0.1, -0.05) is 62.9 Å². The third-order valence-electron chi connectivity index (χ3n) is 3.23. The topological polar surface area (TPSA) is 43.1 Å². The molecule has 2 nitrogen and oxygen atoms in total. The van der Waals surface area contributed by atoms with Crippen LogP contribution in [0.3, 0.4) is 0 Å². The average Bonchev–Trinajstić information content (AvgIpc) is 2.39. The summed E-state index contributed by atoms with van der Waals surface area (Å²) in [6.45, 7) is 2.20. The van der Waals surface area contributed by atoms with E-state index in [2.05, 4.69) is 6.92 Å². The summed E-state index contributed by atoms with van der Waals surface area (Å²) in [5, 5.41) is 0. The lowest BCUT2D eigenvalue weighted by atomic mass is 9.99. The fourth-order valence-corrected chi connectivity index (χ4v) is 2.09. The molecule has 1 unspecified atom stereocenters. The van der Waals surface area contributed by atoms with Crippen LogP contribution in [-0.2, 0) is 4.79 Å². The first-order valence-corrected chi connectivity index (χ1v) is 7.06. The number of carbonyl (C=O) groups is 1. The Kier molecular flexibility index (Phi) is 7.35. The fourth-order valence-electron chi connectivity index (χ4n) is 2.09. The van der Waals surface area contributed by atoms with Gasteiger partial charge in [0.25, 0.3) is 0 Å². The van der Waals surface area contributed by atoms with E-state index >= 15 is 0 Å². The van der Waals surface area contributed by atoms with Crippen molar-refractivity contribution < 1.29 is 4.79 Å². The summed E-state index contributed by atoms with van der Waals surface area (Å²) in [6.07, 6.45) is 7.10. The number of carbonyl (C=O) groups excluding carboxylic acids is 1. The van der Waals surface area contributed by atoms with Crippen molar-refractivity contribution in [2.24, 2.45) is 5.73 Å². The lowest BCUT2D eigenvalue weighted by molar-refractivity contribution is -0.119. The highest BCUT2D eigenvalue weighted by atomic mass is 16.1. The predicted octanol–water partition coefficient (Wildman–Crippen LogP) is 4.01. The van der Waals surface area contributed by atoms with Crippen molar-refractivity contribution in [3.8, 4) is 0 Å². The van der Waals surface area contributed by atoms with Crippen molar-refractivity contribution in [1.82, 2.24) is 0 Å². The number of hydrogen-bond acceptors (Lipinski definition) is 2. The fraction of sp³-hybridized carbons (Fsp3) is 0.562. The molecule has 0 saturated heterocycles. The van der Waals surface area contributed by atoms with Crippen LogP contribution in [0.15, 0.2) is 30.3 Å². The van der Waals surface area contributed by atoms with E-state index in [4.69, 9.17) is 5.73 Å². The maximum Gasteiger partial charge on any atom is 0.134 e. The van der Waals surface area contributed by atoms with Gasteiger partial charge >= 0.3 is 0 Å². The first-order chi connectivity index (χ1) is 8.74. The van der Waals surface area contributed by atoms with Gasteiger partial charge in [0.05, 0.1) is 0 Å².